The Hall–Kier alpha value is -2.89. The van der Waals surface area contributed by atoms with Gasteiger partial charge in [0, 0.05) is 45.0 Å². The third-order valence-electron chi connectivity index (χ3n) is 4.73. The predicted octanol–water partition coefficient (Wildman–Crippen LogP) is 3.02. The van der Waals surface area contributed by atoms with Gasteiger partial charge in [-0.3, -0.25) is 4.90 Å². The molecule has 0 spiro atoms. The van der Waals surface area contributed by atoms with E-state index in [9.17, 15) is 18.0 Å². The lowest BCUT2D eigenvalue weighted by Gasteiger charge is -2.33. The summed E-state index contributed by atoms with van der Waals surface area (Å²) in [7, 11) is 0. The van der Waals surface area contributed by atoms with E-state index in [0.717, 1.165) is 18.7 Å². The van der Waals surface area contributed by atoms with Crippen molar-refractivity contribution in [1.29, 1.82) is 0 Å². The first-order chi connectivity index (χ1) is 15.3. The van der Waals surface area contributed by atoms with Crippen LogP contribution < -0.4 is 9.47 Å². The van der Waals surface area contributed by atoms with Gasteiger partial charge in [-0.05, 0) is 30.3 Å². The summed E-state index contributed by atoms with van der Waals surface area (Å²) in [5, 5.41) is 8.69. The third-order valence-corrected chi connectivity index (χ3v) is 4.73. The van der Waals surface area contributed by atoms with E-state index in [1.165, 1.54) is 24.3 Å². The lowest BCUT2D eigenvalue weighted by molar-refractivity contribution is -0.137. The van der Waals surface area contributed by atoms with E-state index < -0.39 is 17.8 Å². The number of ether oxygens (including phenoxy) is 3. The minimum Gasteiger partial charge on any atom is -0.439 e. The molecule has 8 nitrogen and oxygen atoms in total. The fraction of sp³-hybridized carbons (Fsp3) is 0.429. The SMILES string of the molecule is O=C(Oc1ccc(Oc2ccc(C(F)(F)F)cn2)cc1)N1CCN(CCOCCO)CC1. The second-order valence-electron chi connectivity index (χ2n) is 6.99. The number of hydrogen-bond acceptors (Lipinski definition) is 7. The molecule has 32 heavy (non-hydrogen) atoms. The van der Waals surface area contributed by atoms with Crippen LogP contribution in [0.25, 0.3) is 0 Å². The van der Waals surface area contributed by atoms with Crippen molar-refractivity contribution in [2.45, 2.75) is 6.18 Å². The molecular formula is C21H24F3N3O5. The minimum absolute atomic E-state index is 0.00132. The molecule has 0 radical (unpaired) electrons. The summed E-state index contributed by atoms with van der Waals surface area (Å²) in [6.07, 6.45) is -4.22. The van der Waals surface area contributed by atoms with Crippen molar-refractivity contribution < 1.29 is 37.3 Å². The number of hydrogen-bond donors (Lipinski definition) is 1. The van der Waals surface area contributed by atoms with Crippen molar-refractivity contribution in [1.82, 2.24) is 14.8 Å². The van der Waals surface area contributed by atoms with Gasteiger partial charge in [-0.2, -0.15) is 13.2 Å². The van der Waals surface area contributed by atoms with E-state index in [0.29, 0.717) is 57.1 Å². The van der Waals surface area contributed by atoms with Crippen molar-refractivity contribution in [3.05, 3.63) is 48.2 Å². The predicted molar refractivity (Wildman–Crippen MR) is 108 cm³/mol. The highest BCUT2D eigenvalue weighted by Crippen LogP contribution is 2.30. The standard InChI is InChI=1S/C21H24F3N3O5/c22-21(23,24)16-1-6-19(25-15-16)31-17-2-4-18(5-3-17)32-20(29)27-9-7-26(8-10-27)11-13-30-14-12-28/h1-6,15,28H,7-14H2. The van der Waals surface area contributed by atoms with Gasteiger partial charge in [-0.15, -0.1) is 0 Å². The van der Waals surface area contributed by atoms with Crippen LogP contribution in [-0.4, -0.2) is 78.5 Å². The first-order valence-electron chi connectivity index (χ1n) is 10.0. The summed E-state index contributed by atoms with van der Waals surface area (Å²) in [6.45, 7) is 4.03. The lowest BCUT2D eigenvalue weighted by atomic mass is 10.3. The molecule has 3 rings (SSSR count). The quantitative estimate of drug-likeness (QED) is 0.613. The number of piperazine rings is 1. The van der Waals surface area contributed by atoms with Crippen LogP contribution in [0.3, 0.4) is 0 Å². The first-order valence-corrected chi connectivity index (χ1v) is 10.0. The molecule has 1 amide bonds. The van der Waals surface area contributed by atoms with Crippen LogP contribution in [-0.2, 0) is 10.9 Å². The van der Waals surface area contributed by atoms with Crippen LogP contribution in [0.2, 0.25) is 0 Å². The normalized spacial score (nSPS) is 14.9. The molecule has 1 aromatic heterocycles. The number of carbonyl (C=O) groups excluding carboxylic acids is 1. The first kappa shape index (κ1) is 23.8. The molecular weight excluding hydrogens is 431 g/mol. The molecule has 0 bridgehead atoms. The highest BCUT2D eigenvalue weighted by Gasteiger charge is 2.30. The van der Waals surface area contributed by atoms with E-state index in [1.807, 2.05) is 0 Å². The molecule has 1 saturated heterocycles. The molecule has 0 unspecified atom stereocenters. The lowest BCUT2D eigenvalue weighted by Crippen LogP contribution is -2.50. The van der Waals surface area contributed by atoms with Crippen molar-refractivity contribution in [3.8, 4) is 17.4 Å². The Morgan fingerprint density at radius 3 is 2.28 bits per heavy atom. The Labute approximate surface area is 183 Å². The molecule has 2 heterocycles. The number of pyridine rings is 1. The van der Waals surface area contributed by atoms with Gasteiger partial charge < -0.3 is 24.2 Å². The fourth-order valence-corrected chi connectivity index (χ4v) is 2.98. The molecule has 0 atom stereocenters. The van der Waals surface area contributed by atoms with Gasteiger partial charge in [0.1, 0.15) is 11.5 Å². The monoisotopic (exact) mass is 455 g/mol. The molecule has 1 aliphatic rings. The number of aromatic nitrogens is 1. The summed E-state index contributed by atoms with van der Waals surface area (Å²) in [5.74, 6) is 0.680. The highest BCUT2D eigenvalue weighted by molar-refractivity contribution is 5.70. The van der Waals surface area contributed by atoms with E-state index >= 15 is 0 Å². The number of aliphatic hydroxyl groups excluding tert-OH is 1. The maximum Gasteiger partial charge on any atom is 0.417 e. The topological polar surface area (TPSA) is 84.4 Å². The number of aliphatic hydroxyl groups is 1. The summed E-state index contributed by atoms with van der Waals surface area (Å²) in [6, 6.07) is 8.16. The maximum absolute atomic E-state index is 12.6. The molecule has 2 aromatic rings. The number of rotatable bonds is 8. The van der Waals surface area contributed by atoms with E-state index in [-0.39, 0.29) is 12.5 Å². The van der Waals surface area contributed by atoms with Crippen LogP contribution in [0, 0.1) is 0 Å². The molecule has 0 aliphatic carbocycles. The van der Waals surface area contributed by atoms with Crippen LogP contribution in [0.1, 0.15) is 5.56 Å². The molecule has 1 aliphatic heterocycles. The Bertz CT molecular complexity index is 854. The molecule has 0 saturated carbocycles. The zero-order valence-corrected chi connectivity index (χ0v) is 17.3. The van der Waals surface area contributed by atoms with Crippen molar-refractivity contribution in [2.75, 3.05) is 52.5 Å². The van der Waals surface area contributed by atoms with Crippen molar-refractivity contribution in [3.63, 3.8) is 0 Å². The Morgan fingerprint density at radius 1 is 1.00 bits per heavy atom. The van der Waals surface area contributed by atoms with Gasteiger partial charge in [-0.25, -0.2) is 9.78 Å². The fourth-order valence-electron chi connectivity index (χ4n) is 2.98. The number of benzene rings is 1. The number of halogens is 3. The highest BCUT2D eigenvalue weighted by atomic mass is 19.4. The Balaban J connectivity index is 1.44. The zero-order valence-electron chi connectivity index (χ0n) is 17.3. The van der Waals surface area contributed by atoms with E-state index in [4.69, 9.17) is 19.3 Å². The van der Waals surface area contributed by atoms with Crippen LogP contribution in [0.5, 0.6) is 17.4 Å². The summed E-state index contributed by atoms with van der Waals surface area (Å²) in [5.41, 5.74) is -0.858. The molecule has 174 valence electrons. The molecule has 1 N–H and O–H groups in total. The van der Waals surface area contributed by atoms with E-state index in [1.54, 1.807) is 4.90 Å². The van der Waals surface area contributed by atoms with Gasteiger partial charge in [-0.1, -0.05) is 0 Å². The van der Waals surface area contributed by atoms with Gasteiger partial charge in [0.05, 0.1) is 25.4 Å². The second-order valence-corrected chi connectivity index (χ2v) is 6.99. The summed E-state index contributed by atoms with van der Waals surface area (Å²) in [4.78, 5) is 19.8. The summed E-state index contributed by atoms with van der Waals surface area (Å²) < 4.78 is 53.8. The van der Waals surface area contributed by atoms with Gasteiger partial charge >= 0.3 is 12.3 Å². The molecule has 1 fully saturated rings. The summed E-state index contributed by atoms with van der Waals surface area (Å²) >= 11 is 0. The number of amides is 1. The van der Waals surface area contributed by atoms with Crippen LogP contribution in [0.15, 0.2) is 42.6 Å². The van der Waals surface area contributed by atoms with E-state index in [2.05, 4.69) is 9.88 Å². The maximum atomic E-state index is 12.6. The van der Waals surface area contributed by atoms with Crippen molar-refractivity contribution in [2.24, 2.45) is 0 Å². The Kier molecular flexibility index (Phi) is 8.26. The third kappa shape index (κ3) is 7.08. The van der Waals surface area contributed by atoms with Crippen LogP contribution in [0.4, 0.5) is 18.0 Å². The van der Waals surface area contributed by atoms with Gasteiger partial charge in [0.25, 0.3) is 0 Å². The van der Waals surface area contributed by atoms with Crippen LogP contribution >= 0.6 is 0 Å². The number of alkyl halides is 3. The average Bonchev–Trinajstić information content (AvgIpc) is 2.78. The smallest absolute Gasteiger partial charge is 0.417 e. The largest absolute Gasteiger partial charge is 0.439 e. The number of nitrogens with zero attached hydrogens (tertiary/aromatic N) is 3. The second kappa shape index (κ2) is 11.1. The Morgan fingerprint density at radius 2 is 1.69 bits per heavy atom. The van der Waals surface area contributed by atoms with Gasteiger partial charge in [0.2, 0.25) is 5.88 Å². The van der Waals surface area contributed by atoms with Crippen molar-refractivity contribution >= 4 is 6.09 Å². The molecule has 11 heteroatoms. The number of carbonyl (C=O) groups is 1. The molecule has 1 aromatic carbocycles. The average molecular weight is 455 g/mol. The van der Waals surface area contributed by atoms with Gasteiger partial charge in [0.15, 0.2) is 0 Å². The minimum atomic E-state index is -4.46. The zero-order chi connectivity index (χ0) is 23.0.